The van der Waals surface area contributed by atoms with Crippen LogP contribution in [0.4, 0.5) is 4.79 Å². The fraction of sp³-hybridized carbons (Fsp3) is 0.846. The summed E-state index contributed by atoms with van der Waals surface area (Å²) in [6.45, 7) is 8.30. The van der Waals surface area contributed by atoms with Gasteiger partial charge in [-0.15, -0.1) is 0 Å². The third-order valence-corrected chi connectivity index (χ3v) is 2.71. The van der Waals surface area contributed by atoms with Crippen LogP contribution in [-0.4, -0.2) is 41.8 Å². The molecule has 0 aromatic carbocycles. The van der Waals surface area contributed by atoms with Crippen LogP contribution in [0.2, 0.25) is 0 Å². The molecule has 0 saturated carbocycles. The molecule has 0 spiro atoms. The van der Waals surface area contributed by atoms with E-state index in [0.717, 1.165) is 12.8 Å². The Morgan fingerprint density at radius 1 is 1.33 bits per heavy atom. The van der Waals surface area contributed by atoms with Crippen molar-refractivity contribution in [2.45, 2.75) is 58.6 Å². The van der Waals surface area contributed by atoms with Crippen LogP contribution in [0.5, 0.6) is 0 Å². The van der Waals surface area contributed by atoms with Gasteiger partial charge in [-0.1, -0.05) is 0 Å². The second-order valence-electron chi connectivity index (χ2n) is 5.48. The normalized spacial score (nSPS) is 19.8. The Morgan fingerprint density at radius 2 is 2.00 bits per heavy atom. The summed E-state index contributed by atoms with van der Waals surface area (Å²) in [5.74, 6) is -0.252. The molecule has 18 heavy (non-hydrogen) atoms. The highest BCUT2D eigenvalue weighted by molar-refractivity contribution is 5.73. The summed E-state index contributed by atoms with van der Waals surface area (Å²) in [5, 5.41) is 0. The van der Waals surface area contributed by atoms with Crippen molar-refractivity contribution in [1.82, 2.24) is 4.90 Å². The molecule has 5 nitrogen and oxygen atoms in total. The Kier molecular flexibility index (Phi) is 4.99. The van der Waals surface area contributed by atoms with E-state index in [2.05, 4.69) is 0 Å². The van der Waals surface area contributed by atoms with Crippen molar-refractivity contribution in [3.63, 3.8) is 0 Å². The lowest BCUT2D eigenvalue weighted by molar-refractivity contribution is -0.144. The topological polar surface area (TPSA) is 55.8 Å². The first-order valence-electron chi connectivity index (χ1n) is 6.48. The van der Waals surface area contributed by atoms with Gasteiger partial charge in [-0.25, -0.2) is 4.79 Å². The largest absolute Gasteiger partial charge is 0.466 e. The van der Waals surface area contributed by atoms with E-state index in [1.165, 1.54) is 0 Å². The molecule has 1 fully saturated rings. The van der Waals surface area contributed by atoms with Crippen molar-refractivity contribution in [2.75, 3.05) is 13.2 Å². The van der Waals surface area contributed by atoms with Gasteiger partial charge >= 0.3 is 12.1 Å². The van der Waals surface area contributed by atoms with Crippen molar-refractivity contribution in [2.24, 2.45) is 0 Å². The predicted molar refractivity (Wildman–Crippen MR) is 67.2 cm³/mol. The number of carbonyl (C=O) groups is 2. The molecule has 1 aliphatic rings. The second-order valence-corrected chi connectivity index (χ2v) is 5.48. The third-order valence-electron chi connectivity index (χ3n) is 2.71. The highest BCUT2D eigenvalue weighted by Crippen LogP contribution is 2.23. The molecular weight excluding hydrogens is 234 g/mol. The summed E-state index contributed by atoms with van der Waals surface area (Å²) in [6.07, 6.45) is 1.66. The quantitative estimate of drug-likeness (QED) is 0.728. The molecule has 0 bridgehead atoms. The van der Waals surface area contributed by atoms with Crippen LogP contribution >= 0.6 is 0 Å². The monoisotopic (exact) mass is 257 g/mol. The number of nitrogens with zero attached hydrogens (tertiary/aromatic N) is 1. The Morgan fingerprint density at radius 3 is 2.56 bits per heavy atom. The van der Waals surface area contributed by atoms with Gasteiger partial charge in [0.2, 0.25) is 0 Å². The second kappa shape index (κ2) is 6.07. The zero-order valence-corrected chi connectivity index (χ0v) is 11.7. The molecule has 0 radical (unpaired) electrons. The van der Waals surface area contributed by atoms with Gasteiger partial charge in [-0.2, -0.15) is 0 Å². The molecular formula is C13H23NO4. The average Bonchev–Trinajstić information content (AvgIpc) is 2.63. The van der Waals surface area contributed by atoms with Crippen molar-refractivity contribution < 1.29 is 19.1 Å². The third kappa shape index (κ3) is 4.55. The molecule has 1 rings (SSSR count). The van der Waals surface area contributed by atoms with Crippen LogP contribution in [0, 0.1) is 0 Å². The molecule has 0 aromatic rings. The molecule has 5 heteroatoms. The lowest BCUT2D eigenvalue weighted by Gasteiger charge is -2.28. The van der Waals surface area contributed by atoms with E-state index in [4.69, 9.17) is 9.47 Å². The highest BCUT2D eigenvalue weighted by Gasteiger charge is 2.33. The molecule has 1 saturated heterocycles. The summed E-state index contributed by atoms with van der Waals surface area (Å²) in [4.78, 5) is 25.1. The number of rotatable bonds is 3. The zero-order chi connectivity index (χ0) is 13.8. The van der Waals surface area contributed by atoms with Gasteiger partial charge in [-0.05, 0) is 40.5 Å². The lowest BCUT2D eigenvalue weighted by atomic mass is 10.1. The van der Waals surface area contributed by atoms with Crippen molar-refractivity contribution in [3.05, 3.63) is 0 Å². The summed E-state index contributed by atoms with van der Waals surface area (Å²) >= 11 is 0. The molecule has 0 aromatic heterocycles. The van der Waals surface area contributed by atoms with E-state index >= 15 is 0 Å². The van der Waals surface area contributed by atoms with Gasteiger partial charge in [-0.3, -0.25) is 4.79 Å². The molecule has 1 atom stereocenters. The average molecular weight is 257 g/mol. The molecule has 1 amide bonds. The van der Waals surface area contributed by atoms with Crippen LogP contribution in [0.3, 0.4) is 0 Å². The van der Waals surface area contributed by atoms with Gasteiger partial charge in [0.05, 0.1) is 13.0 Å². The van der Waals surface area contributed by atoms with Crippen molar-refractivity contribution in [1.29, 1.82) is 0 Å². The van der Waals surface area contributed by atoms with E-state index in [1.54, 1.807) is 11.8 Å². The van der Waals surface area contributed by atoms with Crippen LogP contribution in [0.1, 0.15) is 47.0 Å². The minimum absolute atomic E-state index is 0.0844. The first-order valence-corrected chi connectivity index (χ1v) is 6.48. The maximum Gasteiger partial charge on any atom is 0.410 e. The number of likely N-dealkylation sites (tertiary alicyclic amines) is 1. The molecule has 0 N–H and O–H groups in total. The predicted octanol–water partition coefficient (Wildman–Crippen LogP) is 2.34. The first-order chi connectivity index (χ1) is 8.33. The lowest BCUT2D eigenvalue weighted by Crippen LogP contribution is -2.40. The van der Waals surface area contributed by atoms with Gasteiger partial charge in [0.15, 0.2) is 0 Å². The Hall–Kier alpha value is -1.26. The van der Waals surface area contributed by atoms with Crippen LogP contribution in [0.25, 0.3) is 0 Å². The number of ether oxygens (including phenoxy) is 2. The van der Waals surface area contributed by atoms with Gasteiger partial charge < -0.3 is 14.4 Å². The van der Waals surface area contributed by atoms with Crippen LogP contribution < -0.4 is 0 Å². The Bertz CT molecular complexity index is 309. The molecule has 104 valence electrons. The Labute approximate surface area is 108 Å². The Balaban J connectivity index is 2.54. The van der Waals surface area contributed by atoms with Crippen LogP contribution in [-0.2, 0) is 14.3 Å². The van der Waals surface area contributed by atoms with E-state index < -0.39 is 5.60 Å². The van der Waals surface area contributed by atoms with Gasteiger partial charge in [0.1, 0.15) is 5.60 Å². The SMILES string of the molecule is CCOC(=O)CC1CCCN1C(=O)OC(C)(C)C. The minimum atomic E-state index is -0.506. The number of hydrogen-bond acceptors (Lipinski definition) is 4. The van der Waals surface area contributed by atoms with Crippen molar-refractivity contribution in [3.8, 4) is 0 Å². The smallest absolute Gasteiger partial charge is 0.410 e. The maximum absolute atomic E-state index is 12.0. The van der Waals surface area contributed by atoms with E-state index in [0.29, 0.717) is 13.2 Å². The molecule has 1 aliphatic heterocycles. The number of hydrogen-bond donors (Lipinski definition) is 0. The maximum atomic E-state index is 12.0. The standard InChI is InChI=1S/C13H23NO4/c1-5-17-11(15)9-10-7-6-8-14(10)12(16)18-13(2,3)4/h10H,5-9H2,1-4H3. The molecule has 1 unspecified atom stereocenters. The zero-order valence-electron chi connectivity index (χ0n) is 11.7. The van der Waals surface area contributed by atoms with Gasteiger partial charge in [0, 0.05) is 12.6 Å². The van der Waals surface area contributed by atoms with Crippen LogP contribution in [0.15, 0.2) is 0 Å². The highest BCUT2D eigenvalue weighted by atomic mass is 16.6. The minimum Gasteiger partial charge on any atom is -0.466 e. The number of carbonyl (C=O) groups excluding carboxylic acids is 2. The number of esters is 1. The van der Waals surface area contributed by atoms with E-state index in [-0.39, 0.29) is 24.5 Å². The fourth-order valence-corrected chi connectivity index (χ4v) is 2.02. The summed E-state index contributed by atoms with van der Waals surface area (Å²) in [7, 11) is 0. The van der Waals surface area contributed by atoms with Crippen molar-refractivity contribution >= 4 is 12.1 Å². The summed E-state index contributed by atoms with van der Waals surface area (Å²) < 4.78 is 10.2. The fourth-order valence-electron chi connectivity index (χ4n) is 2.02. The van der Waals surface area contributed by atoms with Gasteiger partial charge in [0.25, 0.3) is 0 Å². The molecule has 1 heterocycles. The van der Waals surface area contributed by atoms with E-state index in [1.807, 2.05) is 20.8 Å². The molecule has 0 aliphatic carbocycles. The number of amides is 1. The first kappa shape index (κ1) is 14.8. The summed E-state index contributed by atoms with van der Waals surface area (Å²) in [6, 6.07) is -0.0844. The summed E-state index contributed by atoms with van der Waals surface area (Å²) in [5.41, 5.74) is -0.506. The van der Waals surface area contributed by atoms with E-state index in [9.17, 15) is 9.59 Å².